The quantitative estimate of drug-likeness (QED) is 0.653. The number of hydrogen-bond donors (Lipinski definition) is 1. The Hall–Kier alpha value is -2.06. The van der Waals surface area contributed by atoms with E-state index in [-0.39, 0.29) is 6.54 Å². The van der Waals surface area contributed by atoms with Gasteiger partial charge in [-0.3, -0.25) is 9.59 Å². The fourth-order valence-corrected chi connectivity index (χ4v) is 1.43. The van der Waals surface area contributed by atoms with E-state index in [4.69, 9.17) is 16.9 Å². The van der Waals surface area contributed by atoms with Crippen molar-refractivity contribution < 1.29 is 9.59 Å². The summed E-state index contributed by atoms with van der Waals surface area (Å²) in [5.41, 5.74) is 0.864. The summed E-state index contributed by atoms with van der Waals surface area (Å²) in [7, 11) is 1.52. The number of likely N-dealkylation sites (N-methyl/N-ethyl adjacent to an activating group) is 1. The topological polar surface area (TPSA) is 73.2 Å². The largest absolute Gasteiger partial charge is 0.335 e. The third kappa shape index (κ3) is 4.07. The van der Waals surface area contributed by atoms with Gasteiger partial charge in [0.2, 0.25) is 0 Å². The van der Waals surface area contributed by atoms with Gasteiger partial charge >= 0.3 is 11.8 Å². The van der Waals surface area contributed by atoms with Gasteiger partial charge in [-0.2, -0.15) is 5.26 Å². The highest BCUT2D eigenvalue weighted by atomic mass is 35.5. The van der Waals surface area contributed by atoms with Crippen LogP contribution in [0, 0.1) is 11.3 Å². The predicted molar refractivity (Wildman–Crippen MR) is 66.5 cm³/mol. The van der Waals surface area contributed by atoms with Crippen molar-refractivity contribution in [2.24, 2.45) is 0 Å². The second kappa shape index (κ2) is 6.62. The van der Waals surface area contributed by atoms with Crippen LogP contribution in [-0.4, -0.2) is 30.3 Å². The van der Waals surface area contributed by atoms with Gasteiger partial charge in [0.25, 0.3) is 0 Å². The summed E-state index contributed by atoms with van der Waals surface area (Å²) in [4.78, 5) is 24.2. The first-order valence-corrected chi connectivity index (χ1v) is 5.57. The van der Waals surface area contributed by atoms with Crippen LogP contribution in [-0.2, 0) is 16.1 Å². The normalized spacial score (nSPS) is 9.39. The molecule has 0 heterocycles. The number of hydrogen-bond acceptors (Lipinski definition) is 3. The van der Waals surface area contributed by atoms with E-state index >= 15 is 0 Å². The molecule has 1 N–H and O–H groups in total. The average Bonchev–Trinajstić information content (AvgIpc) is 2.37. The molecule has 18 heavy (non-hydrogen) atoms. The summed E-state index contributed by atoms with van der Waals surface area (Å²) in [6.45, 7) is 0.120. The number of nitriles is 1. The Kier molecular flexibility index (Phi) is 5.15. The van der Waals surface area contributed by atoms with E-state index < -0.39 is 11.8 Å². The Labute approximate surface area is 110 Å². The molecule has 94 valence electrons. The zero-order valence-corrected chi connectivity index (χ0v) is 10.6. The molecule has 0 fully saturated rings. The summed E-state index contributed by atoms with van der Waals surface area (Å²) in [6, 6.07) is 8.71. The number of amides is 2. The van der Waals surface area contributed by atoms with Gasteiger partial charge in [-0.05, 0) is 17.7 Å². The Balaban J connectivity index is 2.57. The van der Waals surface area contributed by atoms with Crippen molar-refractivity contribution in [1.29, 1.82) is 5.26 Å². The lowest BCUT2D eigenvalue weighted by molar-refractivity contribution is -0.145. The molecule has 0 atom stereocenters. The fourth-order valence-electron chi connectivity index (χ4n) is 1.30. The fraction of sp³-hybridized carbons (Fsp3) is 0.250. The van der Waals surface area contributed by atoms with Gasteiger partial charge in [-0.15, -0.1) is 0 Å². The van der Waals surface area contributed by atoms with E-state index in [1.54, 1.807) is 30.3 Å². The standard InChI is InChI=1S/C12H12ClN3O2/c1-16(12(18)11(17)15-7-6-14)8-9-2-4-10(13)5-3-9/h2-5H,7-8H2,1H3,(H,15,17). The summed E-state index contributed by atoms with van der Waals surface area (Å²) >= 11 is 5.74. The minimum absolute atomic E-state index is 0.181. The van der Waals surface area contributed by atoms with Gasteiger partial charge in [0, 0.05) is 18.6 Å². The molecule has 0 aliphatic rings. The molecule has 2 amide bonds. The monoisotopic (exact) mass is 265 g/mol. The molecule has 6 heteroatoms. The van der Waals surface area contributed by atoms with Crippen LogP contribution in [0.5, 0.6) is 0 Å². The van der Waals surface area contributed by atoms with Crippen molar-refractivity contribution in [3.8, 4) is 6.07 Å². The molecule has 0 radical (unpaired) electrons. The van der Waals surface area contributed by atoms with Crippen LogP contribution in [0.15, 0.2) is 24.3 Å². The molecule has 1 aromatic rings. The van der Waals surface area contributed by atoms with Crippen LogP contribution in [0.3, 0.4) is 0 Å². The minimum atomic E-state index is -0.784. The third-order valence-electron chi connectivity index (χ3n) is 2.20. The number of rotatable bonds is 3. The van der Waals surface area contributed by atoms with Crippen molar-refractivity contribution in [3.05, 3.63) is 34.9 Å². The highest BCUT2D eigenvalue weighted by Gasteiger charge is 2.17. The average molecular weight is 266 g/mol. The van der Waals surface area contributed by atoms with Gasteiger partial charge < -0.3 is 10.2 Å². The second-order valence-electron chi connectivity index (χ2n) is 3.63. The van der Waals surface area contributed by atoms with E-state index in [1.165, 1.54) is 11.9 Å². The Bertz CT molecular complexity index is 479. The van der Waals surface area contributed by atoms with E-state index in [1.807, 2.05) is 0 Å². The predicted octanol–water partition coefficient (Wildman–Crippen LogP) is 0.938. The number of halogens is 1. The van der Waals surface area contributed by atoms with Gasteiger partial charge in [-0.1, -0.05) is 23.7 Å². The molecule has 5 nitrogen and oxygen atoms in total. The number of carbonyl (C=O) groups is 2. The molecular weight excluding hydrogens is 254 g/mol. The summed E-state index contributed by atoms with van der Waals surface area (Å²) < 4.78 is 0. The van der Waals surface area contributed by atoms with E-state index in [0.29, 0.717) is 11.6 Å². The first-order valence-electron chi connectivity index (χ1n) is 5.19. The van der Waals surface area contributed by atoms with Crippen molar-refractivity contribution in [1.82, 2.24) is 10.2 Å². The molecule has 0 spiro atoms. The van der Waals surface area contributed by atoms with Crippen LogP contribution in [0.1, 0.15) is 5.56 Å². The zero-order chi connectivity index (χ0) is 13.5. The van der Waals surface area contributed by atoms with E-state index in [0.717, 1.165) is 5.56 Å². The maximum absolute atomic E-state index is 11.6. The zero-order valence-electron chi connectivity index (χ0n) is 9.81. The maximum atomic E-state index is 11.6. The first-order chi connectivity index (χ1) is 8.54. The number of carbonyl (C=O) groups excluding carboxylic acids is 2. The number of nitrogens with zero attached hydrogens (tertiary/aromatic N) is 2. The molecule has 1 rings (SSSR count). The summed E-state index contributed by atoms with van der Waals surface area (Å²) in [6.07, 6.45) is 0. The van der Waals surface area contributed by atoms with Crippen molar-refractivity contribution in [3.63, 3.8) is 0 Å². The number of nitrogens with one attached hydrogen (secondary N) is 1. The second-order valence-corrected chi connectivity index (χ2v) is 4.06. The van der Waals surface area contributed by atoms with Crippen LogP contribution < -0.4 is 5.32 Å². The maximum Gasteiger partial charge on any atom is 0.311 e. The van der Waals surface area contributed by atoms with Crippen LogP contribution >= 0.6 is 11.6 Å². The van der Waals surface area contributed by atoms with Gasteiger partial charge in [0.1, 0.15) is 6.54 Å². The molecule has 0 saturated heterocycles. The van der Waals surface area contributed by atoms with Crippen LogP contribution in [0.25, 0.3) is 0 Å². The molecule has 0 aromatic heterocycles. The minimum Gasteiger partial charge on any atom is -0.335 e. The van der Waals surface area contributed by atoms with Gasteiger partial charge in [-0.25, -0.2) is 0 Å². The molecule has 0 bridgehead atoms. The number of benzene rings is 1. The third-order valence-corrected chi connectivity index (χ3v) is 2.45. The van der Waals surface area contributed by atoms with Gasteiger partial charge in [0.15, 0.2) is 0 Å². The van der Waals surface area contributed by atoms with E-state index in [9.17, 15) is 9.59 Å². The van der Waals surface area contributed by atoms with Crippen LogP contribution in [0.2, 0.25) is 5.02 Å². The Morgan fingerprint density at radius 1 is 1.39 bits per heavy atom. The summed E-state index contributed by atoms with van der Waals surface area (Å²) in [5, 5.41) is 11.1. The molecule has 1 aromatic carbocycles. The Morgan fingerprint density at radius 2 is 2.00 bits per heavy atom. The highest BCUT2D eigenvalue weighted by Crippen LogP contribution is 2.10. The van der Waals surface area contributed by atoms with Crippen molar-refractivity contribution >= 4 is 23.4 Å². The first kappa shape index (κ1) is 14.0. The van der Waals surface area contributed by atoms with Crippen LogP contribution in [0.4, 0.5) is 0 Å². The van der Waals surface area contributed by atoms with Crippen molar-refractivity contribution in [2.45, 2.75) is 6.54 Å². The summed E-state index contributed by atoms with van der Waals surface area (Å²) in [5.74, 6) is -1.46. The SMILES string of the molecule is CN(Cc1ccc(Cl)cc1)C(=O)C(=O)NCC#N. The van der Waals surface area contributed by atoms with E-state index in [2.05, 4.69) is 5.32 Å². The van der Waals surface area contributed by atoms with Crippen molar-refractivity contribution in [2.75, 3.05) is 13.6 Å². The lowest BCUT2D eigenvalue weighted by atomic mass is 10.2. The smallest absolute Gasteiger partial charge is 0.311 e. The van der Waals surface area contributed by atoms with Gasteiger partial charge in [0.05, 0.1) is 6.07 Å². The highest BCUT2D eigenvalue weighted by molar-refractivity contribution is 6.34. The molecule has 0 unspecified atom stereocenters. The molecular formula is C12H12ClN3O2. The molecule has 0 aliphatic carbocycles. The molecule has 0 saturated carbocycles. The lowest BCUT2D eigenvalue weighted by Gasteiger charge is -2.16. The molecule has 0 aliphatic heterocycles. The lowest BCUT2D eigenvalue weighted by Crippen LogP contribution is -2.40. The Morgan fingerprint density at radius 3 is 2.56 bits per heavy atom.